The van der Waals surface area contributed by atoms with Crippen LogP contribution in [0.2, 0.25) is 0 Å². The van der Waals surface area contributed by atoms with Gasteiger partial charge in [-0.2, -0.15) is 0 Å². The van der Waals surface area contributed by atoms with Gasteiger partial charge in [0.1, 0.15) is 24.6 Å². The van der Waals surface area contributed by atoms with Crippen LogP contribution in [0.3, 0.4) is 0 Å². The number of unbranched alkanes of at least 4 members (excludes halogenated alkanes) is 4. The van der Waals surface area contributed by atoms with Crippen LogP contribution in [0.15, 0.2) is 12.0 Å². The molecule has 6 heteroatoms. The van der Waals surface area contributed by atoms with Crippen molar-refractivity contribution in [2.45, 2.75) is 83.2 Å². The summed E-state index contributed by atoms with van der Waals surface area (Å²) in [5.41, 5.74) is 0. The van der Waals surface area contributed by atoms with Gasteiger partial charge in [0.15, 0.2) is 5.76 Å². The SMILES string of the molecule is CCCCCCCC(CC)O/C=C(/O)C(O)[C@H](O)C(O)CO. The lowest BCUT2D eigenvalue weighted by Crippen LogP contribution is -2.40. The van der Waals surface area contributed by atoms with Gasteiger partial charge in [-0.1, -0.05) is 39.5 Å². The van der Waals surface area contributed by atoms with E-state index in [0.29, 0.717) is 0 Å². The molecule has 0 rings (SSSR count). The van der Waals surface area contributed by atoms with Gasteiger partial charge in [0.2, 0.25) is 0 Å². The molecule has 0 amide bonds. The summed E-state index contributed by atoms with van der Waals surface area (Å²) < 4.78 is 5.42. The van der Waals surface area contributed by atoms with Crippen LogP contribution in [0.25, 0.3) is 0 Å². The van der Waals surface area contributed by atoms with E-state index >= 15 is 0 Å². The van der Waals surface area contributed by atoms with E-state index in [1.54, 1.807) is 0 Å². The molecular weight excluding hydrogens is 288 g/mol. The van der Waals surface area contributed by atoms with E-state index in [0.717, 1.165) is 31.9 Å². The van der Waals surface area contributed by atoms with Crippen molar-refractivity contribution >= 4 is 0 Å². The third kappa shape index (κ3) is 8.58. The van der Waals surface area contributed by atoms with E-state index in [2.05, 4.69) is 6.92 Å². The first-order valence-electron chi connectivity index (χ1n) is 8.17. The summed E-state index contributed by atoms with van der Waals surface area (Å²) in [5.74, 6) is -0.565. The van der Waals surface area contributed by atoms with Gasteiger partial charge >= 0.3 is 0 Å². The fourth-order valence-electron chi connectivity index (χ4n) is 2.07. The minimum atomic E-state index is -1.69. The van der Waals surface area contributed by atoms with Crippen LogP contribution in [0.4, 0.5) is 0 Å². The van der Waals surface area contributed by atoms with Crippen molar-refractivity contribution in [2.24, 2.45) is 0 Å². The van der Waals surface area contributed by atoms with Crippen molar-refractivity contribution in [1.82, 2.24) is 0 Å². The van der Waals surface area contributed by atoms with E-state index in [1.807, 2.05) is 6.92 Å². The molecule has 0 aliphatic carbocycles. The highest BCUT2D eigenvalue weighted by Gasteiger charge is 2.27. The Morgan fingerprint density at radius 1 is 1.05 bits per heavy atom. The minimum absolute atomic E-state index is 0.0594. The lowest BCUT2D eigenvalue weighted by Gasteiger charge is -2.21. The Bertz CT molecular complexity index is 294. The van der Waals surface area contributed by atoms with Gasteiger partial charge < -0.3 is 30.3 Å². The molecule has 0 bridgehead atoms. The van der Waals surface area contributed by atoms with Gasteiger partial charge in [0.25, 0.3) is 0 Å². The third-order valence-electron chi connectivity index (χ3n) is 3.67. The molecule has 0 saturated carbocycles. The summed E-state index contributed by atoms with van der Waals surface area (Å²) in [7, 11) is 0. The zero-order valence-electron chi connectivity index (χ0n) is 13.7. The lowest BCUT2D eigenvalue weighted by atomic mass is 10.1. The molecule has 0 aliphatic heterocycles. The Labute approximate surface area is 133 Å². The van der Waals surface area contributed by atoms with Gasteiger partial charge in [-0.15, -0.1) is 0 Å². The zero-order chi connectivity index (χ0) is 17.0. The van der Waals surface area contributed by atoms with Crippen molar-refractivity contribution < 1.29 is 30.3 Å². The molecule has 0 heterocycles. The predicted octanol–water partition coefficient (Wildman–Crippen LogP) is 1.62. The fraction of sp³-hybridized carbons (Fsp3) is 0.875. The Hall–Kier alpha value is -0.820. The molecule has 0 fully saturated rings. The molecule has 132 valence electrons. The maximum atomic E-state index is 9.65. The molecular formula is C16H32O6. The molecule has 5 N–H and O–H groups in total. The largest absolute Gasteiger partial charge is 0.506 e. The van der Waals surface area contributed by atoms with Gasteiger partial charge in [-0.05, 0) is 19.3 Å². The van der Waals surface area contributed by atoms with Crippen LogP contribution in [0.5, 0.6) is 0 Å². The van der Waals surface area contributed by atoms with E-state index in [-0.39, 0.29) is 6.10 Å². The number of rotatable bonds is 13. The zero-order valence-corrected chi connectivity index (χ0v) is 13.7. The van der Waals surface area contributed by atoms with Crippen LogP contribution in [0.1, 0.15) is 58.8 Å². The monoisotopic (exact) mass is 320 g/mol. The second kappa shape index (κ2) is 12.7. The molecule has 0 radical (unpaired) electrons. The highest BCUT2D eigenvalue weighted by Crippen LogP contribution is 2.14. The minimum Gasteiger partial charge on any atom is -0.506 e. The van der Waals surface area contributed by atoms with E-state index in [9.17, 15) is 20.4 Å². The van der Waals surface area contributed by atoms with Crippen LogP contribution >= 0.6 is 0 Å². The molecule has 0 saturated heterocycles. The number of hydrogen-bond acceptors (Lipinski definition) is 6. The molecule has 3 unspecified atom stereocenters. The number of aliphatic hydroxyl groups excluding tert-OH is 5. The summed E-state index contributed by atoms with van der Waals surface area (Å²) in [4.78, 5) is 0. The molecule has 4 atom stereocenters. The second-order valence-electron chi connectivity index (χ2n) is 5.60. The Morgan fingerprint density at radius 3 is 2.23 bits per heavy atom. The fourth-order valence-corrected chi connectivity index (χ4v) is 2.07. The van der Waals surface area contributed by atoms with Crippen molar-refractivity contribution in [1.29, 1.82) is 0 Å². The van der Waals surface area contributed by atoms with Crippen molar-refractivity contribution in [3.63, 3.8) is 0 Å². The van der Waals surface area contributed by atoms with E-state index in [1.165, 1.54) is 19.3 Å². The van der Waals surface area contributed by atoms with Gasteiger partial charge in [-0.25, -0.2) is 0 Å². The van der Waals surface area contributed by atoms with Gasteiger partial charge in [-0.3, -0.25) is 0 Å². The summed E-state index contributed by atoms with van der Waals surface area (Å²) in [6.07, 6.45) is 3.53. The topological polar surface area (TPSA) is 110 Å². The number of ether oxygens (including phenoxy) is 1. The summed E-state index contributed by atoms with van der Waals surface area (Å²) in [5, 5.41) is 46.7. The molecule has 0 aromatic heterocycles. The first-order valence-corrected chi connectivity index (χ1v) is 8.17. The molecule has 6 nitrogen and oxygen atoms in total. The maximum absolute atomic E-state index is 9.65. The Morgan fingerprint density at radius 2 is 1.68 bits per heavy atom. The quantitative estimate of drug-likeness (QED) is 0.260. The number of aliphatic hydroxyl groups is 5. The number of hydrogen-bond donors (Lipinski definition) is 5. The Balaban J connectivity index is 4.21. The predicted molar refractivity (Wildman–Crippen MR) is 84.4 cm³/mol. The summed E-state index contributed by atoms with van der Waals surface area (Å²) >= 11 is 0. The summed E-state index contributed by atoms with van der Waals surface area (Å²) in [6.45, 7) is 3.43. The molecule has 0 aliphatic rings. The van der Waals surface area contributed by atoms with E-state index < -0.39 is 30.7 Å². The highest BCUT2D eigenvalue weighted by molar-refractivity contribution is 4.99. The summed E-state index contributed by atoms with van der Waals surface area (Å²) in [6, 6.07) is 0. The normalized spacial score (nSPS) is 17.8. The van der Waals surface area contributed by atoms with Crippen molar-refractivity contribution in [3.05, 3.63) is 12.0 Å². The standard InChI is InChI=1S/C16H32O6/c1-3-5-6-7-8-9-12(4-2)22-11-14(19)16(21)15(20)13(18)10-17/h11-13,15-21H,3-10H2,1-2H3/b14-11+/t12?,13?,15-,16?/m1/s1. The average molecular weight is 320 g/mol. The average Bonchev–Trinajstić information content (AvgIpc) is 2.54. The van der Waals surface area contributed by atoms with Crippen molar-refractivity contribution in [2.75, 3.05) is 6.61 Å². The van der Waals surface area contributed by atoms with Gasteiger partial charge in [0, 0.05) is 0 Å². The first-order chi connectivity index (χ1) is 10.5. The first kappa shape index (κ1) is 21.2. The Kier molecular flexibility index (Phi) is 12.2. The lowest BCUT2D eigenvalue weighted by molar-refractivity contribution is -0.0759. The molecule has 0 aromatic rings. The molecule has 22 heavy (non-hydrogen) atoms. The van der Waals surface area contributed by atoms with Crippen LogP contribution in [-0.4, -0.2) is 56.6 Å². The van der Waals surface area contributed by atoms with E-state index in [4.69, 9.17) is 9.84 Å². The van der Waals surface area contributed by atoms with Crippen LogP contribution in [0, 0.1) is 0 Å². The molecule has 0 spiro atoms. The highest BCUT2D eigenvalue weighted by atomic mass is 16.5. The maximum Gasteiger partial charge on any atom is 0.158 e. The van der Waals surface area contributed by atoms with Crippen LogP contribution in [-0.2, 0) is 4.74 Å². The molecule has 0 aromatic carbocycles. The van der Waals surface area contributed by atoms with Crippen LogP contribution < -0.4 is 0 Å². The smallest absolute Gasteiger partial charge is 0.158 e. The second-order valence-corrected chi connectivity index (χ2v) is 5.60. The third-order valence-corrected chi connectivity index (χ3v) is 3.67. The van der Waals surface area contributed by atoms with Crippen molar-refractivity contribution in [3.8, 4) is 0 Å². The van der Waals surface area contributed by atoms with Gasteiger partial charge in [0.05, 0.1) is 12.7 Å².